The van der Waals surface area contributed by atoms with E-state index in [1.54, 1.807) is 18.2 Å². The molecule has 2 rings (SSSR count). The van der Waals surface area contributed by atoms with Gasteiger partial charge in [-0.3, -0.25) is 0 Å². The fourth-order valence-corrected chi connectivity index (χ4v) is 1.84. The van der Waals surface area contributed by atoms with Gasteiger partial charge in [-0.2, -0.15) is 10.5 Å². The van der Waals surface area contributed by atoms with Gasteiger partial charge >= 0.3 is 0 Å². The van der Waals surface area contributed by atoms with E-state index in [0.717, 1.165) is 12.8 Å². The number of nitrogens with zero attached hydrogens (tertiary/aromatic N) is 2. The maximum Gasteiger partial charge on any atom is 0.120 e. The highest BCUT2D eigenvalue weighted by Crippen LogP contribution is 2.48. The summed E-state index contributed by atoms with van der Waals surface area (Å²) in [6.45, 7) is 0.544. The normalized spacial score (nSPS) is 15.7. The van der Waals surface area contributed by atoms with Crippen LogP contribution in [0.5, 0.6) is 5.75 Å². The lowest BCUT2D eigenvalue weighted by atomic mass is 10.1. The SMILES string of the molecule is N#CCC1(COc2ccc(C#N)c(Cl)c2)CC1. The van der Waals surface area contributed by atoms with Gasteiger partial charge in [-0.05, 0) is 25.0 Å². The first-order valence-electron chi connectivity index (χ1n) is 5.38. The minimum absolute atomic E-state index is 0.0507. The van der Waals surface area contributed by atoms with Gasteiger partial charge in [-0.25, -0.2) is 0 Å². The summed E-state index contributed by atoms with van der Waals surface area (Å²) in [5.74, 6) is 0.651. The minimum Gasteiger partial charge on any atom is -0.493 e. The quantitative estimate of drug-likeness (QED) is 0.819. The van der Waals surface area contributed by atoms with Gasteiger partial charge in [0.25, 0.3) is 0 Å². The van der Waals surface area contributed by atoms with Crippen LogP contribution in [-0.4, -0.2) is 6.61 Å². The monoisotopic (exact) mass is 246 g/mol. The Kier molecular flexibility index (Phi) is 3.22. The average molecular weight is 247 g/mol. The lowest BCUT2D eigenvalue weighted by Crippen LogP contribution is -2.12. The molecular weight excluding hydrogens is 236 g/mol. The fraction of sp³-hybridized carbons (Fsp3) is 0.385. The predicted molar refractivity (Wildman–Crippen MR) is 63.6 cm³/mol. The molecular formula is C13H11ClN2O. The van der Waals surface area contributed by atoms with Crippen LogP contribution < -0.4 is 4.74 Å². The molecule has 0 saturated heterocycles. The third-order valence-corrected chi connectivity index (χ3v) is 3.33. The van der Waals surface area contributed by atoms with Crippen molar-refractivity contribution in [2.75, 3.05) is 6.61 Å². The van der Waals surface area contributed by atoms with Gasteiger partial charge in [0, 0.05) is 17.9 Å². The molecule has 0 N–H and O–H groups in total. The Morgan fingerprint density at radius 1 is 1.35 bits per heavy atom. The molecule has 0 unspecified atom stereocenters. The molecule has 17 heavy (non-hydrogen) atoms. The molecule has 3 nitrogen and oxygen atoms in total. The van der Waals surface area contributed by atoms with Crippen molar-refractivity contribution in [3.05, 3.63) is 28.8 Å². The van der Waals surface area contributed by atoms with Crippen LogP contribution in [0.3, 0.4) is 0 Å². The molecule has 1 aliphatic carbocycles. The Bertz CT molecular complexity index is 509. The molecule has 1 saturated carbocycles. The van der Waals surface area contributed by atoms with E-state index in [1.165, 1.54) is 0 Å². The lowest BCUT2D eigenvalue weighted by Gasteiger charge is -2.13. The van der Waals surface area contributed by atoms with Gasteiger partial charge in [-0.15, -0.1) is 0 Å². The zero-order valence-electron chi connectivity index (χ0n) is 9.24. The van der Waals surface area contributed by atoms with E-state index in [1.807, 2.05) is 6.07 Å². The number of hydrogen-bond acceptors (Lipinski definition) is 3. The second-order valence-corrected chi connectivity index (χ2v) is 4.78. The number of hydrogen-bond donors (Lipinski definition) is 0. The van der Waals surface area contributed by atoms with E-state index < -0.39 is 0 Å². The van der Waals surface area contributed by atoms with Crippen molar-refractivity contribution < 1.29 is 4.74 Å². The van der Waals surface area contributed by atoms with Crippen molar-refractivity contribution in [1.29, 1.82) is 10.5 Å². The Balaban J connectivity index is 1.99. The number of benzene rings is 1. The molecule has 86 valence electrons. The van der Waals surface area contributed by atoms with Crippen LogP contribution in [0.25, 0.3) is 0 Å². The molecule has 0 spiro atoms. The fourth-order valence-electron chi connectivity index (χ4n) is 1.63. The van der Waals surface area contributed by atoms with Gasteiger partial charge in [0.05, 0.1) is 23.3 Å². The molecule has 0 bridgehead atoms. The summed E-state index contributed by atoms with van der Waals surface area (Å²) in [6, 6.07) is 9.20. The summed E-state index contributed by atoms with van der Waals surface area (Å²) in [4.78, 5) is 0. The Morgan fingerprint density at radius 2 is 2.12 bits per heavy atom. The van der Waals surface area contributed by atoms with Gasteiger partial charge in [0.1, 0.15) is 11.8 Å². The van der Waals surface area contributed by atoms with Gasteiger partial charge in [-0.1, -0.05) is 11.6 Å². The smallest absolute Gasteiger partial charge is 0.120 e. The summed E-state index contributed by atoms with van der Waals surface area (Å²) >= 11 is 5.90. The highest BCUT2D eigenvalue weighted by molar-refractivity contribution is 6.31. The number of ether oxygens (including phenoxy) is 1. The second-order valence-electron chi connectivity index (χ2n) is 4.38. The zero-order chi connectivity index (χ0) is 12.3. The minimum atomic E-state index is 0.0507. The number of nitriles is 2. The first-order valence-corrected chi connectivity index (χ1v) is 5.76. The zero-order valence-corrected chi connectivity index (χ0v) is 10.00. The number of halogens is 1. The van der Waals surface area contributed by atoms with Crippen molar-refractivity contribution in [2.45, 2.75) is 19.3 Å². The van der Waals surface area contributed by atoms with Crippen molar-refractivity contribution >= 4 is 11.6 Å². The van der Waals surface area contributed by atoms with E-state index in [2.05, 4.69) is 6.07 Å². The predicted octanol–water partition coefficient (Wildman–Crippen LogP) is 3.28. The first kappa shape index (κ1) is 11.8. The highest BCUT2D eigenvalue weighted by atomic mass is 35.5. The van der Waals surface area contributed by atoms with E-state index in [0.29, 0.717) is 29.4 Å². The topological polar surface area (TPSA) is 56.8 Å². The average Bonchev–Trinajstić information content (AvgIpc) is 3.08. The van der Waals surface area contributed by atoms with Crippen LogP contribution >= 0.6 is 11.6 Å². The molecule has 0 aliphatic heterocycles. The van der Waals surface area contributed by atoms with Crippen molar-refractivity contribution in [3.63, 3.8) is 0 Å². The Labute approximate surface area is 105 Å². The summed E-state index contributed by atoms with van der Waals surface area (Å²) in [5, 5.41) is 17.8. The van der Waals surface area contributed by atoms with Crippen molar-refractivity contribution in [1.82, 2.24) is 0 Å². The lowest BCUT2D eigenvalue weighted by molar-refractivity contribution is 0.237. The van der Waals surface area contributed by atoms with Gasteiger partial charge < -0.3 is 4.74 Å². The van der Waals surface area contributed by atoms with Crippen LogP contribution in [0.4, 0.5) is 0 Å². The van der Waals surface area contributed by atoms with E-state index in [-0.39, 0.29) is 5.41 Å². The van der Waals surface area contributed by atoms with Crippen LogP contribution in [0.15, 0.2) is 18.2 Å². The molecule has 1 aromatic carbocycles. The van der Waals surface area contributed by atoms with E-state index >= 15 is 0 Å². The van der Waals surface area contributed by atoms with E-state index in [9.17, 15) is 0 Å². The maximum absolute atomic E-state index is 8.74. The third-order valence-electron chi connectivity index (χ3n) is 3.02. The molecule has 1 aromatic rings. The van der Waals surface area contributed by atoms with Gasteiger partial charge in [0.2, 0.25) is 0 Å². The molecule has 0 radical (unpaired) electrons. The first-order chi connectivity index (χ1) is 8.19. The summed E-state index contributed by atoms with van der Waals surface area (Å²) in [5.41, 5.74) is 0.493. The van der Waals surface area contributed by atoms with Crippen molar-refractivity contribution in [3.8, 4) is 17.9 Å². The maximum atomic E-state index is 8.74. The highest BCUT2D eigenvalue weighted by Gasteiger charge is 2.43. The Hall–Kier alpha value is -1.71. The van der Waals surface area contributed by atoms with Gasteiger partial charge in [0.15, 0.2) is 0 Å². The number of rotatable bonds is 4. The van der Waals surface area contributed by atoms with Crippen LogP contribution in [0.2, 0.25) is 5.02 Å². The second kappa shape index (κ2) is 4.65. The molecule has 1 fully saturated rings. The summed E-state index contributed by atoms with van der Waals surface area (Å²) in [7, 11) is 0. The molecule has 4 heteroatoms. The molecule has 0 heterocycles. The molecule has 0 amide bonds. The third kappa shape index (κ3) is 2.70. The van der Waals surface area contributed by atoms with Crippen LogP contribution in [0.1, 0.15) is 24.8 Å². The summed E-state index contributed by atoms with van der Waals surface area (Å²) in [6.07, 6.45) is 2.63. The Morgan fingerprint density at radius 3 is 2.65 bits per heavy atom. The van der Waals surface area contributed by atoms with Crippen molar-refractivity contribution in [2.24, 2.45) is 5.41 Å². The van der Waals surface area contributed by atoms with Crippen LogP contribution in [0, 0.1) is 28.1 Å². The molecule has 0 aromatic heterocycles. The summed E-state index contributed by atoms with van der Waals surface area (Å²) < 4.78 is 5.62. The standard InChI is InChI=1S/C13H11ClN2O/c14-12-7-11(2-1-10(12)8-16)17-9-13(3-4-13)5-6-15/h1-2,7H,3-5,9H2. The molecule has 0 atom stereocenters. The largest absolute Gasteiger partial charge is 0.493 e. The van der Waals surface area contributed by atoms with Crippen LogP contribution in [-0.2, 0) is 0 Å². The molecule has 1 aliphatic rings. The van der Waals surface area contributed by atoms with E-state index in [4.69, 9.17) is 26.9 Å².